The summed E-state index contributed by atoms with van der Waals surface area (Å²) < 4.78 is 0. The highest BCUT2D eigenvalue weighted by Crippen LogP contribution is 2.34. The van der Waals surface area contributed by atoms with Gasteiger partial charge < -0.3 is 15.7 Å². The van der Waals surface area contributed by atoms with Gasteiger partial charge >= 0.3 is 0 Å². The van der Waals surface area contributed by atoms with Crippen molar-refractivity contribution in [1.29, 1.82) is 0 Å². The van der Waals surface area contributed by atoms with Gasteiger partial charge in [0.25, 0.3) is 5.91 Å². The molecule has 24 heavy (non-hydrogen) atoms. The number of primary amides is 1. The minimum absolute atomic E-state index is 0.130. The fourth-order valence-electron chi connectivity index (χ4n) is 3.39. The molecule has 1 amide bonds. The second-order valence-corrected chi connectivity index (χ2v) is 6.49. The molecule has 0 spiro atoms. The standard InChI is InChI=1S/C18H22N4O2/c19-17(24)15-7-8-16(21-20-15)22-10-4-9-18(12-22,13-23)11-14-5-2-1-3-6-14/h1-3,5-8,23H,4,9-13H2,(H2,19,24). The number of amides is 1. The molecule has 0 bridgehead atoms. The summed E-state index contributed by atoms with van der Waals surface area (Å²) in [5, 5.41) is 18.1. The van der Waals surface area contributed by atoms with Crippen LogP contribution >= 0.6 is 0 Å². The zero-order chi connectivity index (χ0) is 17.0. The smallest absolute Gasteiger partial charge is 0.269 e. The summed E-state index contributed by atoms with van der Waals surface area (Å²) in [5.74, 6) is 0.132. The minimum atomic E-state index is -0.582. The highest BCUT2D eigenvalue weighted by molar-refractivity contribution is 5.90. The van der Waals surface area contributed by atoms with E-state index in [1.165, 1.54) is 5.56 Å². The van der Waals surface area contributed by atoms with Gasteiger partial charge in [0.1, 0.15) is 0 Å². The van der Waals surface area contributed by atoms with Crippen molar-refractivity contribution in [3.8, 4) is 0 Å². The van der Waals surface area contributed by atoms with Gasteiger partial charge in [-0.2, -0.15) is 0 Å². The molecule has 1 unspecified atom stereocenters. The number of hydrogen-bond acceptors (Lipinski definition) is 5. The summed E-state index contributed by atoms with van der Waals surface area (Å²) in [7, 11) is 0. The zero-order valence-electron chi connectivity index (χ0n) is 13.6. The SMILES string of the molecule is NC(=O)c1ccc(N2CCCC(CO)(Cc3ccccc3)C2)nn1. The van der Waals surface area contributed by atoms with Gasteiger partial charge in [-0.25, -0.2) is 0 Å². The van der Waals surface area contributed by atoms with E-state index in [2.05, 4.69) is 27.2 Å². The molecule has 1 atom stereocenters. The van der Waals surface area contributed by atoms with Crippen molar-refractivity contribution in [3.05, 3.63) is 53.7 Å². The molecule has 1 aliphatic heterocycles. The van der Waals surface area contributed by atoms with E-state index >= 15 is 0 Å². The van der Waals surface area contributed by atoms with Crippen LogP contribution in [0.3, 0.4) is 0 Å². The Kier molecular flexibility index (Phi) is 4.76. The summed E-state index contributed by atoms with van der Waals surface area (Å²) in [4.78, 5) is 13.2. The molecule has 0 radical (unpaired) electrons. The first-order chi connectivity index (χ1) is 11.6. The van der Waals surface area contributed by atoms with E-state index in [0.717, 1.165) is 25.8 Å². The molecule has 3 rings (SSSR count). The first kappa shape index (κ1) is 16.4. The number of piperidine rings is 1. The van der Waals surface area contributed by atoms with Crippen LogP contribution in [0.5, 0.6) is 0 Å². The van der Waals surface area contributed by atoms with E-state index in [4.69, 9.17) is 5.73 Å². The fraction of sp³-hybridized carbons (Fsp3) is 0.389. The number of aliphatic hydroxyl groups is 1. The highest BCUT2D eigenvalue weighted by Gasteiger charge is 2.35. The molecule has 1 aliphatic rings. The van der Waals surface area contributed by atoms with Crippen molar-refractivity contribution in [1.82, 2.24) is 10.2 Å². The molecule has 6 heteroatoms. The number of rotatable bonds is 5. The molecule has 6 nitrogen and oxygen atoms in total. The van der Waals surface area contributed by atoms with Crippen molar-refractivity contribution >= 4 is 11.7 Å². The van der Waals surface area contributed by atoms with Crippen LogP contribution in [-0.2, 0) is 6.42 Å². The molecule has 1 aromatic carbocycles. The van der Waals surface area contributed by atoms with Gasteiger partial charge in [0.15, 0.2) is 11.5 Å². The Balaban J connectivity index is 1.77. The Morgan fingerprint density at radius 1 is 1.21 bits per heavy atom. The Morgan fingerprint density at radius 2 is 2.00 bits per heavy atom. The maximum absolute atomic E-state index is 11.1. The lowest BCUT2D eigenvalue weighted by Gasteiger charge is -2.42. The second kappa shape index (κ2) is 6.97. The van der Waals surface area contributed by atoms with Gasteiger partial charge in [-0.1, -0.05) is 30.3 Å². The average Bonchev–Trinajstić information content (AvgIpc) is 2.63. The molecular weight excluding hydrogens is 304 g/mol. The van der Waals surface area contributed by atoms with Crippen LogP contribution in [0.15, 0.2) is 42.5 Å². The Morgan fingerprint density at radius 3 is 2.62 bits per heavy atom. The van der Waals surface area contributed by atoms with E-state index in [-0.39, 0.29) is 17.7 Å². The summed E-state index contributed by atoms with van der Waals surface area (Å²) in [6.07, 6.45) is 2.78. The van der Waals surface area contributed by atoms with Crippen molar-refractivity contribution < 1.29 is 9.90 Å². The summed E-state index contributed by atoms with van der Waals surface area (Å²) >= 11 is 0. The molecule has 1 aromatic heterocycles. The number of carbonyl (C=O) groups excluding carboxylic acids is 1. The van der Waals surface area contributed by atoms with Crippen LogP contribution in [0.1, 0.15) is 28.9 Å². The largest absolute Gasteiger partial charge is 0.396 e. The van der Waals surface area contributed by atoms with E-state index in [1.807, 2.05) is 18.2 Å². The highest BCUT2D eigenvalue weighted by atomic mass is 16.3. The second-order valence-electron chi connectivity index (χ2n) is 6.49. The van der Waals surface area contributed by atoms with Gasteiger partial charge in [0.05, 0.1) is 6.61 Å². The Labute approximate surface area is 141 Å². The molecule has 1 saturated heterocycles. The van der Waals surface area contributed by atoms with Crippen molar-refractivity contribution in [3.63, 3.8) is 0 Å². The van der Waals surface area contributed by atoms with Crippen LogP contribution in [0.25, 0.3) is 0 Å². The monoisotopic (exact) mass is 326 g/mol. The van der Waals surface area contributed by atoms with E-state index in [0.29, 0.717) is 12.4 Å². The topological polar surface area (TPSA) is 92.3 Å². The van der Waals surface area contributed by atoms with Crippen LogP contribution < -0.4 is 10.6 Å². The van der Waals surface area contributed by atoms with E-state index < -0.39 is 5.91 Å². The minimum Gasteiger partial charge on any atom is -0.396 e. The molecule has 3 N–H and O–H groups in total. The molecule has 1 fully saturated rings. The van der Waals surface area contributed by atoms with Gasteiger partial charge in [-0.3, -0.25) is 4.79 Å². The van der Waals surface area contributed by atoms with Gasteiger partial charge in [-0.05, 0) is 37.0 Å². The summed E-state index contributed by atoms with van der Waals surface area (Å²) in [6.45, 7) is 1.70. The van der Waals surface area contributed by atoms with Gasteiger partial charge in [0, 0.05) is 18.5 Å². The number of nitrogens with zero attached hydrogens (tertiary/aromatic N) is 3. The number of benzene rings is 1. The normalized spacial score (nSPS) is 20.8. The third kappa shape index (κ3) is 3.54. The van der Waals surface area contributed by atoms with Crippen molar-refractivity contribution in [2.24, 2.45) is 11.1 Å². The molecular formula is C18H22N4O2. The van der Waals surface area contributed by atoms with Crippen molar-refractivity contribution in [2.75, 3.05) is 24.6 Å². The molecule has 126 valence electrons. The number of aromatic nitrogens is 2. The van der Waals surface area contributed by atoms with Gasteiger partial charge in [0.2, 0.25) is 0 Å². The summed E-state index contributed by atoms with van der Waals surface area (Å²) in [5.41, 5.74) is 6.40. The maximum atomic E-state index is 11.1. The number of nitrogens with two attached hydrogens (primary N) is 1. The lowest BCUT2D eigenvalue weighted by Crippen LogP contribution is -2.47. The molecule has 2 aromatic rings. The lowest BCUT2D eigenvalue weighted by molar-refractivity contribution is 0.0994. The fourth-order valence-corrected chi connectivity index (χ4v) is 3.39. The van der Waals surface area contributed by atoms with Crippen LogP contribution in [0, 0.1) is 5.41 Å². The lowest BCUT2D eigenvalue weighted by atomic mass is 9.76. The Bertz CT molecular complexity index is 690. The Hall–Kier alpha value is -2.47. The number of anilines is 1. The predicted octanol–water partition coefficient (Wildman–Crippen LogP) is 1.40. The number of carbonyl (C=O) groups is 1. The third-order valence-electron chi connectivity index (χ3n) is 4.65. The average molecular weight is 326 g/mol. The molecule has 0 saturated carbocycles. The van der Waals surface area contributed by atoms with Gasteiger partial charge in [-0.15, -0.1) is 10.2 Å². The first-order valence-electron chi connectivity index (χ1n) is 8.15. The van der Waals surface area contributed by atoms with E-state index in [1.54, 1.807) is 12.1 Å². The summed E-state index contributed by atoms with van der Waals surface area (Å²) in [6, 6.07) is 13.6. The quantitative estimate of drug-likeness (QED) is 0.866. The first-order valence-corrected chi connectivity index (χ1v) is 8.15. The van der Waals surface area contributed by atoms with Crippen molar-refractivity contribution in [2.45, 2.75) is 19.3 Å². The maximum Gasteiger partial charge on any atom is 0.269 e. The number of aliphatic hydroxyl groups excluding tert-OH is 1. The van der Waals surface area contributed by atoms with Crippen LogP contribution in [-0.4, -0.2) is 40.9 Å². The van der Waals surface area contributed by atoms with Crippen LogP contribution in [0.4, 0.5) is 5.82 Å². The number of hydrogen-bond donors (Lipinski definition) is 2. The van der Waals surface area contributed by atoms with E-state index in [9.17, 15) is 9.90 Å². The zero-order valence-corrected chi connectivity index (χ0v) is 13.6. The molecule has 2 heterocycles. The predicted molar refractivity (Wildman–Crippen MR) is 91.7 cm³/mol. The third-order valence-corrected chi connectivity index (χ3v) is 4.65. The van der Waals surface area contributed by atoms with Crippen LogP contribution in [0.2, 0.25) is 0 Å². The molecule has 0 aliphatic carbocycles.